The molecule has 0 aromatic carbocycles. The molecule has 0 N–H and O–H groups in total. The van der Waals surface area contributed by atoms with Crippen LogP contribution in [0.5, 0.6) is 0 Å². The molecule has 0 aromatic heterocycles. The Kier molecular flexibility index (Phi) is 21.3. The molecule has 0 spiro atoms. The summed E-state index contributed by atoms with van der Waals surface area (Å²) in [6.45, 7) is -0.221. The van der Waals surface area contributed by atoms with Crippen LogP contribution in [0.1, 0.15) is 77.0 Å². The van der Waals surface area contributed by atoms with Crippen LogP contribution in [0.4, 0.5) is 0 Å². The van der Waals surface area contributed by atoms with Crippen molar-refractivity contribution in [3.05, 3.63) is 0 Å². The van der Waals surface area contributed by atoms with E-state index >= 15 is 0 Å². The highest BCUT2D eigenvalue weighted by Gasteiger charge is 2.19. The van der Waals surface area contributed by atoms with E-state index in [-0.39, 0.29) is 37.5 Å². The van der Waals surface area contributed by atoms with Gasteiger partial charge in [-0.1, -0.05) is 19.3 Å². The Balaban J connectivity index is 4.37. The maximum Gasteiger partial charge on any atom is 0.306 e. The molecule has 0 heterocycles. The summed E-state index contributed by atoms with van der Waals surface area (Å²) in [5, 5.41) is 0. The van der Waals surface area contributed by atoms with E-state index in [1.807, 2.05) is 0 Å². The van der Waals surface area contributed by atoms with Crippen LogP contribution in [0.3, 0.4) is 0 Å². The van der Waals surface area contributed by atoms with Gasteiger partial charge in [-0.3, -0.25) is 14.4 Å². The molecule has 0 aliphatic carbocycles. The molecular weight excluding hydrogens is 444 g/mol. The largest absolute Gasteiger partial charge is 0.462 e. The number of rotatable bonds is 20. The molecule has 0 fully saturated rings. The molecular formula is C21H38O6S3. The number of ether oxygens (including phenoxy) is 3. The highest BCUT2D eigenvalue weighted by atomic mass is 32.1. The quantitative estimate of drug-likeness (QED) is 0.103. The Labute approximate surface area is 197 Å². The van der Waals surface area contributed by atoms with Gasteiger partial charge in [0.15, 0.2) is 6.10 Å². The Bertz CT molecular complexity index is 434. The number of esters is 3. The molecule has 0 bridgehead atoms. The minimum Gasteiger partial charge on any atom is -0.462 e. The summed E-state index contributed by atoms with van der Waals surface area (Å²) < 4.78 is 15.8. The second-order valence-corrected chi connectivity index (χ2v) is 8.42. The summed E-state index contributed by atoms with van der Waals surface area (Å²) in [5.74, 6) is 1.30. The van der Waals surface area contributed by atoms with Gasteiger partial charge in [0.1, 0.15) is 13.2 Å². The fourth-order valence-corrected chi connectivity index (χ4v) is 3.22. The number of hydrogen-bond donors (Lipinski definition) is 3. The minimum atomic E-state index is -0.787. The van der Waals surface area contributed by atoms with Crippen LogP contribution in [0, 0.1) is 0 Å². The minimum absolute atomic E-state index is 0.110. The van der Waals surface area contributed by atoms with Gasteiger partial charge in [0.25, 0.3) is 0 Å². The van der Waals surface area contributed by atoms with Gasteiger partial charge in [-0.05, 0) is 55.8 Å². The lowest BCUT2D eigenvalue weighted by Crippen LogP contribution is -2.30. The normalized spacial score (nSPS) is 10.8. The fraction of sp³-hybridized carbons (Fsp3) is 0.857. The summed E-state index contributed by atoms with van der Waals surface area (Å²) in [4.78, 5) is 35.8. The van der Waals surface area contributed by atoms with Gasteiger partial charge in [-0.25, -0.2) is 0 Å². The standard InChI is InChI=1S/C21H38O6S3/c22-19(10-4-1-7-13-28)25-16-18(27-21(24)12-6-3-9-15-30)17-26-20(23)11-5-2-8-14-29/h18,28-30H,1-17H2. The van der Waals surface area contributed by atoms with E-state index < -0.39 is 6.10 Å². The first-order valence-corrected chi connectivity index (χ1v) is 12.8. The van der Waals surface area contributed by atoms with Crippen molar-refractivity contribution < 1.29 is 28.6 Å². The van der Waals surface area contributed by atoms with Gasteiger partial charge in [0.2, 0.25) is 0 Å². The molecule has 0 rings (SSSR count). The smallest absolute Gasteiger partial charge is 0.306 e. The van der Waals surface area contributed by atoms with Crippen LogP contribution in [-0.2, 0) is 28.6 Å². The topological polar surface area (TPSA) is 78.9 Å². The van der Waals surface area contributed by atoms with Crippen molar-refractivity contribution in [1.29, 1.82) is 0 Å². The highest BCUT2D eigenvalue weighted by molar-refractivity contribution is 7.80. The van der Waals surface area contributed by atoms with Crippen LogP contribution in [0.15, 0.2) is 0 Å². The summed E-state index contributed by atoms with van der Waals surface area (Å²) in [5.41, 5.74) is 0. The van der Waals surface area contributed by atoms with Crippen molar-refractivity contribution in [2.75, 3.05) is 30.5 Å². The predicted octanol–water partition coefficient (Wildman–Crippen LogP) is 4.46. The van der Waals surface area contributed by atoms with E-state index in [4.69, 9.17) is 14.2 Å². The average Bonchev–Trinajstić information content (AvgIpc) is 2.73. The number of hydrogen-bond acceptors (Lipinski definition) is 9. The van der Waals surface area contributed by atoms with E-state index in [1.165, 1.54) is 0 Å². The van der Waals surface area contributed by atoms with Crippen LogP contribution in [-0.4, -0.2) is 54.5 Å². The van der Waals surface area contributed by atoms with Crippen LogP contribution >= 0.6 is 37.9 Å². The molecule has 0 aliphatic heterocycles. The molecule has 0 atom stereocenters. The van der Waals surface area contributed by atoms with Gasteiger partial charge in [-0.2, -0.15) is 37.9 Å². The van der Waals surface area contributed by atoms with Crippen molar-refractivity contribution in [1.82, 2.24) is 0 Å². The lowest BCUT2D eigenvalue weighted by molar-refractivity contribution is -0.167. The van der Waals surface area contributed by atoms with E-state index in [1.54, 1.807) is 0 Å². The van der Waals surface area contributed by atoms with E-state index in [0.29, 0.717) is 19.3 Å². The second kappa shape index (κ2) is 21.7. The highest BCUT2D eigenvalue weighted by Crippen LogP contribution is 2.08. The molecule has 0 saturated carbocycles. The molecule has 30 heavy (non-hydrogen) atoms. The van der Waals surface area contributed by atoms with Crippen LogP contribution in [0.25, 0.3) is 0 Å². The molecule has 176 valence electrons. The molecule has 0 aliphatic rings. The first-order chi connectivity index (χ1) is 14.5. The number of carbonyl (C=O) groups excluding carboxylic acids is 3. The van der Waals surface area contributed by atoms with E-state index in [0.717, 1.165) is 68.6 Å². The summed E-state index contributed by atoms with van der Waals surface area (Å²) in [7, 11) is 0. The first-order valence-electron chi connectivity index (χ1n) is 10.9. The van der Waals surface area contributed by atoms with Crippen molar-refractivity contribution in [3.8, 4) is 0 Å². The Morgan fingerprint density at radius 3 is 1.27 bits per heavy atom. The van der Waals surface area contributed by atoms with Gasteiger partial charge in [0.05, 0.1) is 0 Å². The van der Waals surface area contributed by atoms with E-state index in [9.17, 15) is 14.4 Å². The molecule has 6 nitrogen and oxygen atoms in total. The molecule has 0 unspecified atom stereocenters. The monoisotopic (exact) mass is 482 g/mol. The van der Waals surface area contributed by atoms with Crippen LogP contribution in [0.2, 0.25) is 0 Å². The Hall–Kier alpha value is -0.540. The molecule has 0 saturated heterocycles. The molecule has 0 amide bonds. The van der Waals surface area contributed by atoms with Gasteiger partial charge in [0, 0.05) is 19.3 Å². The van der Waals surface area contributed by atoms with Crippen molar-refractivity contribution in [3.63, 3.8) is 0 Å². The Morgan fingerprint density at radius 2 is 0.900 bits per heavy atom. The summed E-state index contributed by atoms with van der Waals surface area (Å²) in [6.07, 6.45) is 7.84. The number of thiol groups is 3. The van der Waals surface area contributed by atoms with Crippen LogP contribution < -0.4 is 0 Å². The van der Waals surface area contributed by atoms with Crippen molar-refractivity contribution in [2.45, 2.75) is 83.2 Å². The lowest BCUT2D eigenvalue weighted by Gasteiger charge is -2.18. The third-order valence-electron chi connectivity index (χ3n) is 4.28. The lowest BCUT2D eigenvalue weighted by atomic mass is 10.2. The molecule has 9 heteroatoms. The average molecular weight is 483 g/mol. The predicted molar refractivity (Wildman–Crippen MR) is 129 cm³/mol. The number of carbonyl (C=O) groups is 3. The molecule has 0 radical (unpaired) electrons. The van der Waals surface area contributed by atoms with Gasteiger partial charge in [-0.15, -0.1) is 0 Å². The number of unbranched alkanes of at least 4 members (excludes halogenated alkanes) is 6. The maximum absolute atomic E-state index is 12.1. The van der Waals surface area contributed by atoms with E-state index in [2.05, 4.69) is 37.9 Å². The summed E-state index contributed by atoms with van der Waals surface area (Å²) >= 11 is 12.4. The fourth-order valence-electron chi connectivity index (χ4n) is 2.55. The van der Waals surface area contributed by atoms with Crippen molar-refractivity contribution in [2.24, 2.45) is 0 Å². The zero-order valence-corrected chi connectivity index (χ0v) is 20.6. The zero-order chi connectivity index (χ0) is 22.5. The van der Waals surface area contributed by atoms with Crippen molar-refractivity contribution >= 4 is 55.8 Å². The maximum atomic E-state index is 12.1. The summed E-state index contributed by atoms with van der Waals surface area (Å²) in [6, 6.07) is 0. The second-order valence-electron chi connectivity index (χ2n) is 7.08. The SMILES string of the molecule is O=C(CCCCCS)OCC(COC(=O)CCCCCS)OC(=O)CCCCCS. The zero-order valence-electron chi connectivity index (χ0n) is 17.9. The van der Waals surface area contributed by atoms with Gasteiger partial charge >= 0.3 is 17.9 Å². The van der Waals surface area contributed by atoms with Gasteiger partial charge < -0.3 is 14.2 Å². The third kappa shape index (κ3) is 19.4. The molecule has 0 aromatic rings. The Morgan fingerprint density at radius 1 is 0.533 bits per heavy atom. The third-order valence-corrected chi connectivity index (χ3v) is 5.22. The first kappa shape index (κ1) is 29.5.